The maximum Gasteiger partial charge on any atom is -0.00296 e. The standard InChI is InChI=1S/2C2H3Cl.C2H4/c2*1-2-3;1-2/h2*2H,1H2;1-2H2. The smallest absolute Gasteiger partial charge is 0.00296 e. The molecule has 0 nitrogen and oxygen atoms in total. The molecule has 0 unspecified atom stereocenters. The molecule has 0 aliphatic rings. The van der Waals surface area contributed by atoms with Gasteiger partial charge in [-0.15, -0.1) is 13.2 Å². The summed E-state index contributed by atoms with van der Waals surface area (Å²) in [5.41, 5.74) is 2.44. The van der Waals surface area contributed by atoms with Crippen LogP contribution in [0.15, 0.2) is 37.4 Å². The second kappa shape index (κ2) is 70.6. The summed E-state index contributed by atoms with van der Waals surface area (Å²) in [5.74, 6) is 0. The SMILES string of the molecule is C=C.C=CCl.C=CCl. The minimum absolute atomic E-state index is 1.22. The first-order valence-corrected chi connectivity index (χ1v) is 2.63. The third-order valence-corrected chi connectivity index (χ3v) is 0. The highest BCUT2D eigenvalue weighted by Crippen LogP contribution is 1.60. The zero-order valence-electron chi connectivity index (χ0n) is 4.74. The zero-order valence-corrected chi connectivity index (χ0v) is 6.25. The van der Waals surface area contributed by atoms with Crippen molar-refractivity contribution in [1.29, 1.82) is 0 Å². The average Bonchev–Trinajstić information content (AvgIpc) is 1.75. The van der Waals surface area contributed by atoms with Crippen molar-refractivity contribution in [2.45, 2.75) is 0 Å². The normalized spacial score (nSPS) is 3.75. The molecule has 0 fully saturated rings. The van der Waals surface area contributed by atoms with Crippen molar-refractivity contribution in [3.05, 3.63) is 37.4 Å². The molecule has 0 aromatic carbocycles. The Morgan fingerprint density at radius 3 is 0.875 bits per heavy atom. The van der Waals surface area contributed by atoms with E-state index in [9.17, 15) is 0 Å². The fourth-order valence-corrected chi connectivity index (χ4v) is 0. The number of hydrogen-bond acceptors (Lipinski definition) is 0. The molecule has 0 saturated heterocycles. The Bertz CT molecular complexity index is 35.8. The summed E-state index contributed by atoms with van der Waals surface area (Å²) in [6.07, 6.45) is 0. The Morgan fingerprint density at radius 1 is 0.875 bits per heavy atom. The topological polar surface area (TPSA) is 0 Å². The van der Waals surface area contributed by atoms with Crippen LogP contribution in [0.5, 0.6) is 0 Å². The van der Waals surface area contributed by atoms with Gasteiger partial charge in [0.1, 0.15) is 0 Å². The second-order valence-electron chi connectivity index (χ2n) is 0.309. The van der Waals surface area contributed by atoms with Gasteiger partial charge in [-0.05, 0) is 11.1 Å². The van der Waals surface area contributed by atoms with Gasteiger partial charge in [-0.2, -0.15) is 0 Å². The molecule has 0 rings (SSSR count). The van der Waals surface area contributed by atoms with Gasteiger partial charge in [0, 0.05) is 0 Å². The van der Waals surface area contributed by atoms with Crippen molar-refractivity contribution in [2.24, 2.45) is 0 Å². The lowest BCUT2D eigenvalue weighted by Gasteiger charge is -1.27. The summed E-state index contributed by atoms with van der Waals surface area (Å²) in [6, 6.07) is 0. The average molecular weight is 153 g/mol. The van der Waals surface area contributed by atoms with Gasteiger partial charge in [0.25, 0.3) is 0 Å². The van der Waals surface area contributed by atoms with Crippen molar-refractivity contribution in [3.63, 3.8) is 0 Å². The van der Waals surface area contributed by atoms with Crippen LogP contribution in [-0.4, -0.2) is 0 Å². The van der Waals surface area contributed by atoms with Crippen LogP contribution in [0.1, 0.15) is 0 Å². The van der Waals surface area contributed by atoms with Gasteiger partial charge in [0.15, 0.2) is 0 Å². The highest BCUT2D eigenvalue weighted by molar-refractivity contribution is 6.25. The number of rotatable bonds is 0. The molecular weight excluding hydrogens is 143 g/mol. The second-order valence-corrected chi connectivity index (χ2v) is 0.926. The molecule has 0 N–H and O–H groups in total. The van der Waals surface area contributed by atoms with E-state index < -0.39 is 0 Å². The Morgan fingerprint density at radius 2 is 0.875 bits per heavy atom. The van der Waals surface area contributed by atoms with Crippen LogP contribution in [0.3, 0.4) is 0 Å². The van der Waals surface area contributed by atoms with E-state index in [0.29, 0.717) is 0 Å². The minimum atomic E-state index is 1.22. The van der Waals surface area contributed by atoms with Crippen molar-refractivity contribution in [3.8, 4) is 0 Å². The molecule has 48 valence electrons. The maximum atomic E-state index is 4.76. The fourth-order valence-electron chi connectivity index (χ4n) is 0. The van der Waals surface area contributed by atoms with Gasteiger partial charge in [0.2, 0.25) is 0 Å². The van der Waals surface area contributed by atoms with E-state index >= 15 is 0 Å². The minimum Gasteiger partial charge on any atom is -0.106 e. The molecule has 8 heavy (non-hydrogen) atoms. The Labute approximate surface area is 61.1 Å². The lowest BCUT2D eigenvalue weighted by atomic mass is 11.3. The van der Waals surface area contributed by atoms with E-state index in [1.807, 2.05) is 0 Å². The lowest BCUT2D eigenvalue weighted by molar-refractivity contribution is 2.63. The first kappa shape index (κ1) is 15.7. The summed E-state index contributed by atoms with van der Waals surface area (Å²) in [7, 11) is 0. The van der Waals surface area contributed by atoms with Gasteiger partial charge >= 0.3 is 0 Å². The molecule has 0 heterocycles. The van der Waals surface area contributed by atoms with Gasteiger partial charge in [-0.1, -0.05) is 36.4 Å². The summed E-state index contributed by atoms with van der Waals surface area (Å²) >= 11 is 9.52. The van der Waals surface area contributed by atoms with Crippen molar-refractivity contribution in [2.75, 3.05) is 0 Å². The molecule has 0 spiro atoms. The first-order chi connectivity index (χ1) is 3.83. The van der Waals surface area contributed by atoms with E-state index in [0.717, 1.165) is 0 Å². The van der Waals surface area contributed by atoms with Gasteiger partial charge in [0.05, 0.1) is 0 Å². The Hall–Kier alpha value is -0.200. The molecule has 2 heteroatoms. The van der Waals surface area contributed by atoms with E-state index in [1.54, 1.807) is 0 Å². The molecule has 0 aromatic rings. The molecule has 0 saturated carbocycles. The van der Waals surface area contributed by atoms with E-state index in [1.165, 1.54) is 11.1 Å². The molecular formula is C6H10Cl2. The summed E-state index contributed by atoms with van der Waals surface area (Å²) in [4.78, 5) is 0. The molecule has 0 radical (unpaired) electrons. The Balaban J connectivity index is -0.0000000483. The summed E-state index contributed by atoms with van der Waals surface area (Å²) in [6.45, 7) is 12.3. The fraction of sp³-hybridized carbons (Fsp3) is 0. The highest BCUT2D eigenvalue weighted by Gasteiger charge is 1.18. The van der Waals surface area contributed by atoms with Gasteiger partial charge in [-0.25, -0.2) is 0 Å². The molecule has 0 atom stereocenters. The van der Waals surface area contributed by atoms with Crippen molar-refractivity contribution >= 4 is 23.2 Å². The van der Waals surface area contributed by atoms with E-state index in [-0.39, 0.29) is 0 Å². The van der Waals surface area contributed by atoms with Gasteiger partial charge in [-0.3, -0.25) is 0 Å². The third kappa shape index (κ3) is 3340. The van der Waals surface area contributed by atoms with Crippen LogP contribution in [0.2, 0.25) is 0 Å². The predicted octanol–water partition coefficient (Wildman–Crippen LogP) is 3.54. The van der Waals surface area contributed by atoms with Crippen LogP contribution >= 0.6 is 23.2 Å². The predicted molar refractivity (Wildman–Crippen MR) is 43.4 cm³/mol. The van der Waals surface area contributed by atoms with Crippen LogP contribution in [-0.2, 0) is 0 Å². The molecule has 0 amide bonds. The van der Waals surface area contributed by atoms with E-state index in [4.69, 9.17) is 23.2 Å². The number of hydrogen-bond donors (Lipinski definition) is 0. The largest absolute Gasteiger partial charge is 0.106 e. The van der Waals surface area contributed by atoms with Crippen molar-refractivity contribution in [1.82, 2.24) is 0 Å². The Kier molecular flexibility index (Phi) is 138. The molecule has 0 aromatic heterocycles. The summed E-state index contributed by atoms with van der Waals surface area (Å²) < 4.78 is 0. The van der Waals surface area contributed by atoms with Crippen LogP contribution in [0.25, 0.3) is 0 Å². The van der Waals surface area contributed by atoms with Gasteiger partial charge < -0.3 is 0 Å². The molecule has 0 aliphatic carbocycles. The van der Waals surface area contributed by atoms with Crippen LogP contribution < -0.4 is 0 Å². The molecule has 0 bridgehead atoms. The highest BCUT2D eigenvalue weighted by atomic mass is 35.5. The quantitative estimate of drug-likeness (QED) is 0.467. The third-order valence-electron chi connectivity index (χ3n) is 0. The molecule has 0 aliphatic heterocycles. The zero-order chi connectivity index (χ0) is 7.41. The van der Waals surface area contributed by atoms with Crippen LogP contribution in [0.4, 0.5) is 0 Å². The first-order valence-electron chi connectivity index (χ1n) is 1.75. The lowest BCUT2D eigenvalue weighted by Crippen LogP contribution is -0.926. The maximum absolute atomic E-state index is 4.76. The summed E-state index contributed by atoms with van der Waals surface area (Å²) in [5, 5.41) is 0. The number of halogens is 2. The van der Waals surface area contributed by atoms with E-state index in [2.05, 4.69) is 26.3 Å². The monoisotopic (exact) mass is 152 g/mol. The van der Waals surface area contributed by atoms with Crippen molar-refractivity contribution < 1.29 is 0 Å². The van der Waals surface area contributed by atoms with Crippen LogP contribution in [0, 0.1) is 0 Å².